The van der Waals surface area contributed by atoms with E-state index in [1.807, 2.05) is 0 Å². The van der Waals surface area contributed by atoms with Crippen molar-refractivity contribution in [3.8, 4) is 0 Å². The van der Waals surface area contributed by atoms with Crippen LogP contribution >= 0.6 is 22.9 Å². The number of likely N-dealkylation sites (N-methyl/N-ethyl adjacent to an activating group) is 1. The lowest BCUT2D eigenvalue weighted by Crippen LogP contribution is -2.25. The van der Waals surface area contributed by atoms with Crippen molar-refractivity contribution in [3.63, 3.8) is 0 Å². The summed E-state index contributed by atoms with van der Waals surface area (Å²) in [7, 11) is 1.45. The van der Waals surface area contributed by atoms with Crippen LogP contribution in [0.2, 0.25) is 4.34 Å². The Bertz CT molecular complexity index is 710. The molecule has 0 fully saturated rings. The molecule has 122 valence electrons. The number of halogens is 4. The number of hydrogen-bond donors (Lipinski definition) is 0. The summed E-state index contributed by atoms with van der Waals surface area (Å²) in [4.78, 5) is 14.1. The highest BCUT2D eigenvalue weighted by molar-refractivity contribution is 7.16. The van der Waals surface area contributed by atoms with E-state index < -0.39 is 17.7 Å². The highest BCUT2D eigenvalue weighted by Crippen LogP contribution is 2.33. The van der Waals surface area contributed by atoms with E-state index in [1.54, 1.807) is 18.2 Å². The highest BCUT2D eigenvalue weighted by Gasteiger charge is 2.35. The number of allylic oxidation sites excluding steroid dienone is 1. The number of thiophene rings is 1. The van der Waals surface area contributed by atoms with Gasteiger partial charge in [0.1, 0.15) is 0 Å². The van der Waals surface area contributed by atoms with E-state index >= 15 is 0 Å². The van der Waals surface area contributed by atoms with Crippen molar-refractivity contribution < 1.29 is 18.0 Å². The Labute approximate surface area is 140 Å². The first-order valence-corrected chi connectivity index (χ1v) is 7.80. The molecule has 0 saturated carbocycles. The molecule has 0 aliphatic rings. The summed E-state index contributed by atoms with van der Waals surface area (Å²) in [5, 5.41) is 0. The maximum Gasteiger partial charge on any atom is 0.417 e. The summed E-state index contributed by atoms with van der Waals surface area (Å²) in [6.45, 7) is 0.201. The van der Waals surface area contributed by atoms with Crippen LogP contribution in [0.5, 0.6) is 0 Å². The molecule has 0 radical (unpaired) electrons. The van der Waals surface area contributed by atoms with Gasteiger partial charge in [0.05, 0.1) is 16.5 Å². The quantitative estimate of drug-likeness (QED) is 0.703. The van der Waals surface area contributed by atoms with Crippen LogP contribution < -0.4 is 0 Å². The number of benzene rings is 1. The van der Waals surface area contributed by atoms with Gasteiger partial charge in [-0.05, 0) is 17.7 Å². The third-order valence-electron chi connectivity index (χ3n) is 3.06. The number of alkyl halides is 3. The Morgan fingerprint density at radius 1 is 1.22 bits per heavy atom. The fraction of sp³-hybridized carbons (Fsp3) is 0.188. The zero-order chi connectivity index (χ0) is 17.0. The second kappa shape index (κ2) is 7.19. The summed E-state index contributed by atoms with van der Waals surface area (Å²) in [5.41, 5.74) is -1.000. The largest absolute Gasteiger partial charge is 0.417 e. The Balaban J connectivity index is 2.22. The maximum absolute atomic E-state index is 13.2. The topological polar surface area (TPSA) is 20.3 Å². The van der Waals surface area contributed by atoms with Gasteiger partial charge in [-0.15, -0.1) is 11.3 Å². The summed E-state index contributed by atoms with van der Waals surface area (Å²) in [5.74, 6) is -0.717. The van der Waals surface area contributed by atoms with E-state index in [1.165, 1.54) is 47.5 Å². The van der Waals surface area contributed by atoms with E-state index in [0.717, 1.165) is 4.88 Å². The lowest BCUT2D eigenvalue weighted by Gasteiger charge is -2.17. The molecule has 1 aromatic carbocycles. The van der Waals surface area contributed by atoms with Crippen LogP contribution in [0.3, 0.4) is 0 Å². The van der Waals surface area contributed by atoms with Crippen molar-refractivity contribution >= 4 is 34.4 Å². The summed E-state index contributed by atoms with van der Waals surface area (Å²) in [6.07, 6.45) is -3.98. The zero-order valence-electron chi connectivity index (χ0n) is 12.1. The monoisotopic (exact) mass is 359 g/mol. The molecule has 1 amide bonds. The Morgan fingerprint density at radius 2 is 1.87 bits per heavy atom. The number of rotatable bonds is 4. The molecule has 2 nitrogen and oxygen atoms in total. The molecule has 2 rings (SSSR count). The molecule has 0 atom stereocenters. The van der Waals surface area contributed by atoms with Crippen LogP contribution in [-0.2, 0) is 11.3 Å². The Hall–Kier alpha value is -1.79. The average molecular weight is 360 g/mol. The maximum atomic E-state index is 13.2. The minimum Gasteiger partial charge on any atom is -0.337 e. The first-order chi connectivity index (χ1) is 10.8. The number of carbonyl (C=O) groups is 1. The van der Waals surface area contributed by atoms with E-state index in [-0.39, 0.29) is 12.1 Å². The van der Waals surface area contributed by atoms with Crippen molar-refractivity contribution in [1.29, 1.82) is 0 Å². The number of carbonyl (C=O) groups excluding carboxylic acids is 1. The Morgan fingerprint density at radius 3 is 2.39 bits per heavy atom. The van der Waals surface area contributed by atoms with Crippen LogP contribution in [0.15, 0.2) is 48.5 Å². The standard InChI is InChI=1S/C16H13ClF3NOS/c1-21(10-12-7-8-14(17)23-12)15(22)9-13(16(18,19)20)11-5-3-2-4-6-11/h2-9H,10H2,1H3/b13-9-. The normalized spacial score (nSPS) is 12.3. The fourth-order valence-corrected chi connectivity index (χ4v) is 3.07. The van der Waals surface area contributed by atoms with Gasteiger partial charge in [0.15, 0.2) is 0 Å². The molecule has 0 spiro atoms. The van der Waals surface area contributed by atoms with Crippen LogP contribution in [0.1, 0.15) is 10.4 Å². The second-order valence-corrected chi connectivity index (χ2v) is 6.62. The van der Waals surface area contributed by atoms with Crippen molar-refractivity contribution in [3.05, 3.63) is 63.3 Å². The highest BCUT2D eigenvalue weighted by atomic mass is 35.5. The predicted molar refractivity (Wildman–Crippen MR) is 86.3 cm³/mol. The fourth-order valence-electron chi connectivity index (χ4n) is 1.93. The minimum absolute atomic E-state index is 0.0408. The van der Waals surface area contributed by atoms with Crippen LogP contribution in [0.4, 0.5) is 13.2 Å². The second-order valence-electron chi connectivity index (χ2n) is 4.82. The van der Waals surface area contributed by atoms with Gasteiger partial charge in [-0.1, -0.05) is 41.9 Å². The molecule has 0 N–H and O–H groups in total. The minimum atomic E-state index is -4.61. The Kier molecular flexibility index (Phi) is 5.49. The molecular formula is C16H13ClF3NOS. The molecule has 23 heavy (non-hydrogen) atoms. The van der Waals surface area contributed by atoms with Crippen molar-refractivity contribution in [2.24, 2.45) is 0 Å². The third kappa shape index (κ3) is 4.84. The number of hydrogen-bond acceptors (Lipinski definition) is 2. The number of amides is 1. The summed E-state index contributed by atoms with van der Waals surface area (Å²) in [6, 6.07) is 10.7. The van der Waals surface area contributed by atoms with Gasteiger partial charge in [0, 0.05) is 18.0 Å². The summed E-state index contributed by atoms with van der Waals surface area (Å²) >= 11 is 7.08. The first-order valence-electron chi connectivity index (χ1n) is 6.61. The van der Waals surface area contributed by atoms with Crippen LogP contribution in [0.25, 0.3) is 5.57 Å². The molecule has 1 aromatic heterocycles. The van der Waals surface area contributed by atoms with E-state index in [9.17, 15) is 18.0 Å². The van der Waals surface area contributed by atoms with Gasteiger partial charge < -0.3 is 4.90 Å². The predicted octanol–water partition coefficient (Wildman–Crippen LogP) is 5.01. The van der Waals surface area contributed by atoms with Gasteiger partial charge in [-0.3, -0.25) is 4.79 Å². The van der Waals surface area contributed by atoms with Crippen LogP contribution in [0, 0.1) is 0 Å². The van der Waals surface area contributed by atoms with Crippen LogP contribution in [-0.4, -0.2) is 24.0 Å². The molecular weight excluding hydrogens is 347 g/mol. The summed E-state index contributed by atoms with van der Waals surface area (Å²) < 4.78 is 40.2. The van der Waals surface area contributed by atoms with Gasteiger partial charge in [-0.25, -0.2) is 0 Å². The third-order valence-corrected chi connectivity index (χ3v) is 4.27. The smallest absolute Gasteiger partial charge is 0.337 e. The van der Waals surface area contributed by atoms with E-state index in [2.05, 4.69) is 0 Å². The lowest BCUT2D eigenvalue weighted by molar-refractivity contribution is -0.125. The number of nitrogens with zero attached hydrogens (tertiary/aromatic N) is 1. The molecule has 0 bridgehead atoms. The van der Waals surface area contributed by atoms with E-state index in [0.29, 0.717) is 10.4 Å². The van der Waals surface area contributed by atoms with Crippen molar-refractivity contribution in [1.82, 2.24) is 4.90 Å². The van der Waals surface area contributed by atoms with Crippen molar-refractivity contribution in [2.45, 2.75) is 12.7 Å². The molecule has 0 aliphatic carbocycles. The average Bonchev–Trinajstić information content (AvgIpc) is 2.89. The first kappa shape index (κ1) is 17.6. The van der Waals surface area contributed by atoms with Gasteiger partial charge in [0.25, 0.3) is 0 Å². The lowest BCUT2D eigenvalue weighted by atomic mass is 10.0. The van der Waals surface area contributed by atoms with Gasteiger partial charge in [-0.2, -0.15) is 13.2 Å². The molecule has 7 heteroatoms. The molecule has 0 unspecified atom stereocenters. The SMILES string of the molecule is CN(Cc1ccc(Cl)s1)C(=O)/C=C(/c1ccccc1)C(F)(F)F. The van der Waals surface area contributed by atoms with Gasteiger partial charge in [0.2, 0.25) is 5.91 Å². The zero-order valence-corrected chi connectivity index (χ0v) is 13.7. The molecule has 0 saturated heterocycles. The molecule has 2 aromatic rings. The van der Waals surface area contributed by atoms with E-state index in [4.69, 9.17) is 11.6 Å². The molecule has 0 aliphatic heterocycles. The van der Waals surface area contributed by atoms with Gasteiger partial charge >= 0.3 is 6.18 Å². The van der Waals surface area contributed by atoms with Crippen molar-refractivity contribution in [2.75, 3.05) is 7.05 Å². The molecule has 1 heterocycles.